The number of benzene rings is 1. The van der Waals surface area contributed by atoms with E-state index in [0.29, 0.717) is 17.7 Å². The number of rotatable bonds is 3. The van der Waals surface area contributed by atoms with Crippen LogP contribution in [0, 0.1) is 21.7 Å². The van der Waals surface area contributed by atoms with Crippen molar-refractivity contribution in [3.63, 3.8) is 0 Å². The van der Waals surface area contributed by atoms with Crippen molar-refractivity contribution in [3.8, 4) is 11.3 Å². The maximum absolute atomic E-state index is 14.9. The maximum Gasteiger partial charge on any atom is 0.335 e. The average molecular weight is 466 g/mol. The van der Waals surface area contributed by atoms with Gasteiger partial charge in [0.15, 0.2) is 11.6 Å². The molecule has 3 aromatic rings. The predicted molar refractivity (Wildman–Crippen MR) is 111 cm³/mol. The number of fused-ring (bicyclic) bond motifs is 3. The molecule has 158 valence electrons. The fraction of sp³-hybridized carbons (Fsp3) is 0.105. The molecular weight excluding hydrogens is 455 g/mol. The van der Waals surface area contributed by atoms with E-state index in [1.54, 1.807) is 6.92 Å². The summed E-state index contributed by atoms with van der Waals surface area (Å²) in [5.41, 5.74) is -1.14. The Hall–Kier alpha value is -3.37. The Morgan fingerprint density at radius 2 is 1.68 bits per heavy atom. The van der Waals surface area contributed by atoms with Gasteiger partial charge < -0.3 is 0 Å². The van der Waals surface area contributed by atoms with Crippen LogP contribution in [-0.4, -0.2) is 27.5 Å². The maximum atomic E-state index is 14.9. The quantitative estimate of drug-likeness (QED) is 0.363. The fourth-order valence-electron chi connectivity index (χ4n) is 3.31. The highest BCUT2D eigenvalue weighted by Gasteiger charge is 2.37. The van der Waals surface area contributed by atoms with Crippen molar-refractivity contribution in [2.45, 2.75) is 6.92 Å². The molecule has 1 aliphatic rings. The van der Waals surface area contributed by atoms with E-state index in [2.05, 4.69) is 9.97 Å². The topological polar surface area (TPSA) is 92.5 Å². The van der Waals surface area contributed by atoms with Gasteiger partial charge in [-0.05, 0) is 19.1 Å². The minimum absolute atomic E-state index is 0.0366. The van der Waals surface area contributed by atoms with Crippen LogP contribution in [0.1, 0.15) is 6.92 Å². The second-order valence-electron chi connectivity index (χ2n) is 6.42. The molecule has 1 aromatic carbocycles. The molecule has 0 spiro atoms. The summed E-state index contributed by atoms with van der Waals surface area (Å²) < 4.78 is 29.9. The zero-order valence-corrected chi connectivity index (χ0v) is 17.2. The summed E-state index contributed by atoms with van der Waals surface area (Å²) in [7, 11) is 0. The normalized spacial score (nSPS) is 13.0. The highest BCUT2D eigenvalue weighted by Crippen LogP contribution is 2.45. The molecule has 3 heterocycles. The number of aromatic nitrogens is 2. The SMILES string of the molecule is CCN1C(=O)N(c2c(F)cc([N+](=O)[O-])cc2F)c2cc(Cl)cnc2-c2cc(Cl)cnc21. The van der Waals surface area contributed by atoms with Crippen LogP contribution < -0.4 is 9.80 Å². The Morgan fingerprint density at radius 3 is 2.29 bits per heavy atom. The summed E-state index contributed by atoms with van der Waals surface area (Å²) in [4.78, 5) is 33.9. The van der Waals surface area contributed by atoms with Crippen molar-refractivity contribution in [3.05, 3.63) is 68.5 Å². The number of halogens is 4. The molecule has 2 amide bonds. The first kappa shape index (κ1) is 20.9. The Morgan fingerprint density at radius 1 is 1.06 bits per heavy atom. The molecule has 0 fully saturated rings. The lowest BCUT2D eigenvalue weighted by Gasteiger charge is -2.28. The van der Waals surface area contributed by atoms with Gasteiger partial charge in [0.1, 0.15) is 11.5 Å². The fourth-order valence-corrected chi connectivity index (χ4v) is 3.62. The number of urea groups is 1. The van der Waals surface area contributed by atoms with Gasteiger partial charge in [-0.25, -0.2) is 18.6 Å². The van der Waals surface area contributed by atoms with Crippen molar-refractivity contribution < 1.29 is 18.5 Å². The third-order valence-corrected chi connectivity index (χ3v) is 5.01. The molecule has 1 aliphatic heterocycles. The molecule has 8 nitrogen and oxygen atoms in total. The van der Waals surface area contributed by atoms with E-state index >= 15 is 0 Å². The molecule has 0 atom stereocenters. The lowest BCUT2D eigenvalue weighted by molar-refractivity contribution is -0.385. The largest absolute Gasteiger partial charge is 0.335 e. The number of nitrogens with zero attached hydrogens (tertiary/aromatic N) is 5. The second kappa shape index (κ2) is 7.71. The molecular formula is C19H11Cl2F2N5O3. The molecule has 4 rings (SSSR count). The number of pyridine rings is 2. The van der Waals surface area contributed by atoms with E-state index in [1.807, 2.05) is 0 Å². The van der Waals surface area contributed by atoms with Crippen LogP contribution >= 0.6 is 23.2 Å². The van der Waals surface area contributed by atoms with Crippen molar-refractivity contribution >= 4 is 52.1 Å². The van der Waals surface area contributed by atoms with E-state index in [-0.39, 0.29) is 33.8 Å². The Bertz CT molecular complexity index is 1230. The van der Waals surface area contributed by atoms with E-state index in [9.17, 15) is 23.7 Å². The summed E-state index contributed by atoms with van der Waals surface area (Å²) in [5.74, 6) is -2.43. The van der Waals surface area contributed by atoms with Crippen LogP contribution in [0.2, 0.25) is 10.0 Å². The first-order chi connectivity index (χ1) is 14.7. The molecule has 0 bridgehead atoms. The molecule has 0 radical (unpaired) electrons. The van der Waals surface area contributed by atoms with Crippen LogP contribution in [0.4, 0.5) is 36.5 Å². The number of nitro groups is 1. The molecule has 12 heteroatoms. The number of nitro benzene ring substituents is 1. The molecule has 0 saturated carbocycles. The summed E-state index contributed by atoms with van der Waals surface area (Å²) >= 11 is 12.2. The standard InChI is InChI=1S/C19H11Cl2F2N5O3/c1-2-26-18-12(3-9(20)8-25-18)16-15(4-10(21)7-24-16)27(19(26)29)17-13(22)5-11(28(30)31)6-14(17)23/h3-8H,2H2,1H3. The molecule has 0 N–H and O–H groups in total. The summed E-state index contributed by atoms with van der Waals surface area (Å²) in [5, 5.41) is 11.3. The van der Waals surface area contributed by atoms with Crippen molar-refractivity contribution in [2.24, 2.45) is 0 Å². The third kappa shape index (κ3) is 3.43. The second-order valence-corrected chi connectivity index (χ2v) is 7.30. The Balaban J connectivity index is 2.07. The van der Waals surface area contributed by atoms with Crippen LogP contribution in [0.3, 0.4) is 0 Å². The van der Waals surface area contributed by atoms with Crippen LogP contribution in [-0.2, 0) is 0 Å². The van der Waals surface area contributed by atoms with Crippen LogP contribution in [0.15, 0.2) is 36.7 Å². The predicted octanol–water partition coefficient (Wildman–Crippen LogP) is 5.73. The van der Waals surface area contributed by atoms with Gasteiger partial charge in [-0.1, -0.05) is 23.2 Å². The van der Waals surface area contributed by atoms with Crippen molar-refractivity contribution in [2.75, 3.05) is 16.3 Å². The van der Waals surface area contributed by atoms with E-state index in [4.69, 9.17) is 23.2 Å². The molecule has 0 aliphatic carbocycles. The smallest absolute Gasteiger partial charge is 0.277 e. The Kier molecular flexibility index (Phi) is 5.19. The Labute approximate surface area is 183 Å². The van der Waals surface area contributed by atoms with Crippen LogP contribution in [0.25, 0.3) is 11.3 Å². The summed E-state index contributed by atoms with van der Waals surface area (Å²) in [6, 6.07) is 3.05. The van der Waals surface area contributed by atoms with Gasteiger partial charge in [0.25, 0.3) is 5.69 Å². The average Bonchev–Trinajstić information content (AvgIpc) is 2.80. The third-order valence-electron chi connectivity index (χ3n) is 4.59. The molecule has 31 heavy (non-hydrogen) atoms. The molecule has 0 saturated heterocycles. The van der Waals surface area contributed by atoms with Gasteiger partial charge in [-0.2, -0.15) is 0 Å². The molecule has 2 aromatic heterocycles. The van der Waals surface area contributed by atoms with Crippen molar-refractivity contribution in [1.82, 2.24) is 9.97 Å². The number of carbonyl (C=O) groups is 1. The highest BCUT2D eigenvalue weighted by atomic mass is 35.5. The lowest BCUT2D eigenvalue weighted by atomic mass is 10.1. The highest BCUT2D eigenvalue weighted by molar-refractivity contribution is 6.32. The first-order valence-electron chi connectivity index (χ1n) is 8.79. The van der Waals surface area contributed by atoms with Gasteiger partial charge >= 0.3 is 6.03 Å². The monoisotopic (exact) mass is 465 g/mol. The number of anilines is 3. The minimum atomic E-state index is -1.31. The summed E-state index contributed by atoms with van der Waals surface area (Å²) in [6.07, 6.45) is 2.63. The van der Waals surface area contributed by atoms with Crippen LogP contribution in [0.5, 0.6) is 0 Å². The number of amides is 2. The van der Waals surface area contributed by atoms with E-state index < -0.39 is 34.0 Å². The van der Waals surface area contributed by atoms with Gasteiger partial charge in [0.05, 0.1) is 38.5 Å². The van der Waals surface area contributed by atoms with Gasteiger partial charge in [0, 0.05) is 24.5 Å². The number of carbonyl (C=O) groups excluding carboxylic acids is 1. The first-order valence-corrected chi connectivity index (χ1v) is 9.55. The number of hydrogen-bond acceptors (Lipinski definition) is 5. The van der Waals surface area contributed by atoms with E-state index in [1.165, 1.54) is 29.4 Å². The van der Waals surface area contributed by atoms with E-state index in [0.717, 1.165) is 4.90 Å². The number of non-ortho nitro benzene ring substituents is 1. The van der Waals surface area contributed by atoms with Gasteiger partial charge in [-0.3, -0.25) is 24.9 Å². The lowest BCUT2D eigenvalue weighted by Crippen LogP contribution is -2.41. The summed E-state index contributed by atoms with van der Waals surface area (Å²) in [6.45, 7) is 1.74. The zero-order chi connectivity index (χ0) is 22.4. The van der Waals surface area contributed by atoms with Gasteiger partial charge in [-0.15, -0.1) is 0 Å². The zero-order valence-electron chi connectivity index (χ0n) is 15.6. The molecule has 0 unspecified atom stereocenters. The minimum Gasteiger partial charge on any atom is -0.277 e. The van der Waals surface area contributed by atoms with Gasteiger partial charge in [0.2, 0.25) is 0 Å². The number of hydrogen-bond donors (Lipinski definition) is 0. The van der Waals surface area contributed by atoms with Crippen molar-refractivity contribution in [1.29, 1.82) is 0 Å².